The van der Waals surface area contributed by atoms with E-state index in [1.165, 1.54) is 18.3 Å². The maximum Gasteiger partial charge on any atom is 0.282 e. The summed E-state index contributed by atoms with van der Waals surface area (Å²) in [6.07, 6.45) is -2.33. The van der Waals surface area contributed by atoms with E-state index >= 15 is 0 Å². The van der Waals surface area contributed by atoms with Crippen LogP contribution in [0.1, 0.15) is 28.8 Å². The van der Waals surface area contributed by atoms with Crippen LogP contribution in [0.15, 0.2) is 23.2 Å². The van der Waals surface area contributed by atoms with E-state index in [9.17, 15) is 17.2 Å². The number of anilines is 1. The van der Waals surface area contributed by atoms with Crippen LogP contribution >= 0.6 is 0 Å². The lowest BCUT2D eigenvalue weighted by Gasteiger charge is -2.20. The van der Waals surface area contributed by atoms with Crippen molar-refractivity contribution < 1.29 is 17.2 Å². The van der Waals surface area contributed by atoms with Gasteiger partial charge in [0.2, 0.25) is 0 Å². The maximum absolute atomic E-state index is 13.3. The minimum atomic E-state index is -4.10. The molecule has 2 heterocycles. The largest absolute Gasteiger partial charge is 0.282 e. The van der Waals surface area contributed by atoms with Crippen molar-refractivity contribution in [1.29, 1.82) is 0 Å². The predicted molar refractivity (Wildman–Crippen MR) is 82.3 cm³/mol. The van der Waals surface area contributed by atoms with E-state index in [1.807, 2.05) is 19.1 Å². The first-order chi connectivity index (χ1) is 10.7. The first-order valence-corrected chi connectivity index (χ1v) is 8.61. The molecule has 0 spiro atoms. The molecular formula is C15H17F2N3O2S. The lowest BCUT2D eigenvalue weighted by Crippen LogP contribution is -2.31. The molecular weight excluding hydrogens is 324 g/mol. The van der Waals surface area contributed by atoms with Gasteiger partial charge in [0.25, 0.3) is 16.4 Å². The molecule has 1 aliphatic rings. The molecule has 0 radical (unpaired) electrons. The quantitative estimate of drug-likeness (QED) is 0.862. The molecule has 124 valence electrons. The van der Waals surface area contributed by atoms with Crippen LogP contribution in [0.25, 0.3) is 0 Å². The average Bonchev–Trinajstić information content (AvgIpc) is 2.99. The highest BCUT2D eigenvalue weighted by Crippen LogP contribution is 2.37. The number of halogens is 2. The Morgan fingerprint density at radius 2 is 1.96 bits per heavy atom. The van der Waals surface area contributed by atoms with Gasteiger partial charge in [0.1, 0.15) is 0 Å². The molecule has 1 aromatic carbocycles. The number of nitrogens with zero attached hydrogens (tertiary/aromatic N) is 3. The van der Waals surface area contributed by atoms with Crippen LogP contribution in [-0.4, -0.2) is 24.7 Å². The van der Waals surface area contributed by atoms with Gasteiger partial charge in [-0.05, 0) is 31.9 Å². The van der Waals surface area contributed by atoms with Crippen LogP contribution < -0.4 is 4.31 Å². The van der Waals surface area contributed by atoms with E-state index in [0.717, 1.165) is 15.8 Å². The molecule has 0 fully saturated rings. The van der Waals surface area contributed by atoms with Crippen LogP contribution in [-0.2, 0) is 23.5 Å². The van der Waals surface area contributed by atoms with Gasteiger partial charge in [0.05, 0.1) is 16.9 Å². The molecule has 5 nitrogen and oxygen atoms in total. The second-order valence-corrected chi connectivity index (χ2v) is 7.47. The molecule has 3 rings (SSSR count). The molecule has 1 aliphatic heterocycles. The normalized spacial score (nSPS) is 14.6. The fourth-order valence-corrected chi connectivity index (χ4v) is 4.93. The van der Waals surface area contributed by atoms with Gasteiger partial charge in [-0.15, -0.1) is 0 Å². The van der Waals surface area contributed by atoms with Crippen molar-refractivity contribution >= 4 is 15.7 Å². The molecule has 0 atom stereocenters. The number of aromatic nitrogens is 2. The number of hydrogen-bond acceptors (Lipinski definition) is 3. The molecule has 23 heavy (non-hydrogen) atoms. The van der Waals surface area contributed by atoms with Gasteiger partial charge >= 0.3 is 0 Å². The molecule has 0 amide bonds. The van der Waals surface area contributed by atoms with E-state index in [2.05, 4.69) is 5.10 Å². The average molecular weight is 341 g/mol. The summed E-state index contributed by atoms with van der Waals surface area (Å²) < 4.78 is 54.8. The zero-order chi connectivity index (χ0) is 16.9. The van der Waals surface area contributed by atoms with Crippen molar-refractivity contribution in [3.8, 4) is 0 Å². The molecule has 8 heteroatoms. The monoisotopic (exact) mass is 341 g/mol. The fraction of sp³-hybridized carbons (Fsp3) is 0.400. The minimum Gasteiger partial charge on any atom is -0.264 e. The van der Waals surface area contributed by atoms with Gasteiger partial charge in [0.15, 0.2) is 5.03 Å². The third kappa shape index (κ3) is 2.41. The molecule has 0 saturated carbocycles. The summed E-state index contributed by atoms with van der Waals surface area (Å²) in [5.74, 6) is 0. The zero-order valence-corrected chi connectivity index (χ0v) is 13.9. The van der Waals surface area contributed by atoms with Crippen molar-refractivity contribution in [2.45, 2.75) is 31.7 Å². The second kappa shape index (κ2) is 5.30. The Bertz CT molecular complexity index is 875. The highest BCUT2D eigenvalue weighted by atomic mass is 32.2. The summed E-state index contributed by atoms with van der Waals surface area (Å²) in [6, 6.07) is 5.46. The van der Waals surface area contributed by atoms with Crippen molar-refractivity contribution in [2.24, 2.45) is 7.05 Å². The minimum absolute atomic E-state index is 0.0319. The van der Waals surface area contributed by atoms with Gasteiger partial charge in [0, 0.05) is 13.6 Å². The van der Waals surface area contributed by atoms with E-state index in [-0.39, 0.29) is 12.2 Å². The number of alkyl halides is 2. The standard InChI is InChI=1S/C15H17F2N3O2S/c1-9-4-5-12-11(8-9)6-7-20(12)23(21,22)15-13(14(16)17)10(2)18-19(15)3/h4-5,8,14H,6-7H2,1-3H3. The molecule has 1 aromatic heterocycles. The molecule has 0 bridgehead atoms. The Labute approximate surface area is 133 Å². The lowest BCUT2D eigenvalue weighted by atomic mass is 10.1. The summed E-state index contributed by atoms with van der Waals surface area (Å²) in [6.45, 7) is 3.56. The summed E-state index contributed by atoms with van der Waals surface area (Å²) in [5, 5.41) is 3.44. The molecule has 0 aliphatic carbocycles. The van der Waals surface area contributed by atoms with E-state index in [1.54, 1.807) is 6.07 Å². The molecule has 0 saturated heterocycles. The highest BCUT2D eigenvalue weighted by molar-refractivity contribution is 7.92. The maximum atomic E-state index is 13.3. The Balaban J connectivity index is 2.16. The van der Waals surface area contributed by atoms with Crippen LogP contribution in [0.5, 0.6) is 0 Å². The van der Waals surface area contributed by atoms with Gasteiger partial charge in [-0.2, -0.15) is 13.5 Å². The van der Waals surface area contributed by atoms with Crippen LogP contribution in [0.4, 0.5) is 14.5 Å². The number of aryl methyl sites for hydroxylation is 3. The number of rotatable bonds is 3. The van der Waals surface area contributed by atoms with Crippen molar-refractivity contribution in [2.75, 3.05) is 10.8 Å². The van der Waals surface area contributed by atoms with Gasteiger partial charge in [-0.25, -0.2) is 8.78 Å². The number of benzene rings is 1. The Morgan fingerprint density at radius 1 is 1.26 bits per heavy atom. The first-order valence-electron chi connectivity index (χ1n) is 7.17. The molecule has 0 unspecified atom stereocenters. The topological polar surface area (TPSA) is 55.2 Å². The third-order valence-electron chi connectivity index (χ3n) is 4.05. The third-order valence-corrected chi connectivity index (χ3v) is 5.99. The van der Waals surface area contributed by atoms with Crippen LogP contribution in [0.3, 0.4) is 0 Å². The number of sulfonamides is 1. The Morgan fingerprint density at radius 3 is 2.61 bits per heavy atom. The van der Waals surface area contributed by atoms with Gasteiger partial charge in [-0.3, -0.25) is 8.99 Å². The second-order valence-electron chi connectivity index (χ2n) is 5.69. The number of hydrogen-bond donors (Lipinski definition) is 0. The molecule has 2 aromatic rings. The van der Waals surface area contributed by atoms with Crippen LogP contribution in [0.2, 0.25) is 0 Å². The van der Waals surface area contributed by atoms with Gasteiger partial charge < -0.3 is 0 Å². The summed E-state index contributed by atoms with van der Waals surface area (Å²) in [4.78, 5) is 0. The fourth-order valence-electron chi connectivity index (χ4n) is 3.06. The highest BCUT2D eigenvalue weighted by Gasteiger charge is 2.37. The summed E-state index contributed by atoms with van der Waals surface area (Å²) in [5.41, 5.74) is 2.01. The van der Waals surface area contributed by atoms with Crippen LogP contribution in [0, 0.1) is 13.8 Å². The summed E-state index contributed by atoms with van der Waals surface area (Å²) >= 11 is 0. The molecule has 0 N–H and O–H groups in total. The SMILES string of the molecule is Cc1ccc2c(c1)CCN2S(=O)(=O)c1c(C(F)F)c(C)nn1C. The van der Waals surface area contributed by atoms with E-state index in [4.69, 9.17) is 0 Å². The van der Waals surface area contributed by atoms with E-state index < -0.39 is 27.0 Å². The summed E-state index contributed by atoms with van der Waals surface area (Å²) in [7, 11) is -2.72. The lowest BCUT2D eigenvalue weighted by molar-refractivity contribution is 0.146. The first kappa shape index (κ1) is 15.9. The Hall–Kier alpha value is -1.96. The van der Waals surface area contributed by atoms with Crippen molar-refractivity contribution in [3.63, 3.8) is 0 Å². The van der Waals surface area contributed by atoms with Crippen molar-refractivity contribution in [3.05, 3.63) is 40.6 Å². The van der Waals surface area contributed by atoms with E-state index in [0.29, 0.717) is 12.1 Å². The zero-order valence-electron chi connectivity index (χ0n) is 13.0. The van der Waals surface area contributed by atoms with Crippen molar-refractivity contribution in [1.82, 2.24) is 9.78 Å². The predicted octanol–water partition coefficient (Wildman–Crippen LogP) is 2.73. The Kier molecular flexibility index (Phi) is 3.66. The number of fused-ring (bicyclic) bond motifs is 1. The van der Waals surface area contributed by atoms with Gasteiger partial charge in [-0.1, -0.05) is 17.7 Å². The smallest absolute Gasteiger partial charge is 0.264 e.